The molecule has 0 bridgehead atoms. The maximum Gasteiger partial charge on any atom is 0.254 e. The van der Waals surface area contributed by atoms with Crippen LogP contribution >= 0.6 is 11.6 Å². The summed E-state index contributed by atoms with van der Waals surface area (Å²) < 4.78 is 6.01. The Balaban J connectivity index is 1.45. The molecule has 0 N–H and O–H groups in total. The first-order valence-corrected chi connectivity index (χ1v) is 10.2. The lowest BCUT2D eigenvalue weighted by atomic mass is 9.98. The van der Waals surface area contributed by atoms with E-state index in [9.17, 15) is 4.79 Å². The molecule has 5 rings (SSSR count). The van der Waals surface area contributed by atoms with Gasteiger partial charge in [-0.3, -0.25) is 4.79 Å². The Morgan fingerprint density at radius 1 is 0.933 bits per heavy atom. The van der Waals surface area contributed by atoms with Crippen LogP contribution in [0.15, 0.2) is 83.4 Å². The maximum atomic E-state index is 13.4. The molecule has 0 saturated heterocycles. The molecule has 2 heterocycles. The minimum Gasteiger partial charge on any atom is -0.436 e. The van der Waals surface area contributed by atoms with Crippen LogP contribution in [0.4, 0.5) is 0 Å². The van der Waals surface area contributed by atoms with E-state index in [0.717, 1.165) is 12.0 Å². The van der Waals surface area contributed by atoms with Crippen LogP contribution in [-0.2, 0) is 13.0 Å². The number of halogens is 1. The Kier molecular flexibility index (Phi) is 4.85. The van der Waals surface area contributed by atoms with Crippen LogP contribution in [-0.4, -0.2) is 22.3 Å². The maximum absolute atomic E-state index is 13.4. The molecule has 1 aromatic heterocycles. The zero-order valence-corrected chi connectivity index (χ0v) is 17.0. The van der Waals surface area contributed by atoms with E-state index in [1.54, 1.807) is 6.20 Å². The van der Waals surface area contributed by atoms with Crippen molar-refractivity contribution in [1.29, 1.82) is 0 Å². The van der Waals surface area contributed by atoms with Crippen molar-refractivity contribution in [3.05, 3.63) is 101 Å². The molecule has 5 heteroatoms. The number of amides is 1. The van der Waals surface area contributed by atoms with E-state index in [1.165, 1.54) is 11.1 Å². The van der Waals surface area contributed by atoms with E-state index in [1.807, 2.05) is 65.6 Å². The second-order valence-electron chi connectivity index (χ2n) is 7.33. The molecular weight excluding hydrogens is 396 g/mol. The van der Waals surface area contributed by atoms with Crippen molar-refractivity contribution in [1.82, 2.24) is 9.88 Å². The van der Waals surface area contributed by atoms with Crippen molar-refractivity contribution in [2.24, 2.45) is 0 Å². The van der Waals surface area contributed by atoms with Crippen LogP contribution in [0.25, 0.3) is 22.8 Å². The molecule has 0 saturated carbocycles. The van der Waals surface area contributed by atoms with Crippen LogP contribution < -0.4 is 0 Å². The third-order valence-electron chi connectivity index (χ3n) is 5.44. The monoisotopic (exact) mass is 414 g/mol. The van der Waals surface area contributed by atoms with Crippen LogP contribution in [0.5, 0.6) is 0 Å². The van der Waals surface area contributed by atoms with Gasteiger partial charge in [0.2, 0.25) is 5.89 Å². The number of fused-ring (bicyclic) bond motifs is 1. The first kappa shape index (κ1) is 18.6. The predicted molar refractivity (Wildman–Crippen MR) is 117 cm³/mol. The summed E-state index contributed by atoms with van der Waals surface area (Å²) in [6.45, 7) is 1.32. The number of carbonyl (C=O) groups excluding carboxylic acids is 1. The summed E-state index contributed by atoms with van der Waals surface area (Å²) in [5.74, 6) is 1.06. The summed E-state index contributed by atoms with van der Waals surface area (Å²) in [5.41, 5.74) is 4.70. The molecule has 4 aromatic rings. The predicted octanol–water partition coefficient (Wildman–Crippen LogP) is 5.86. The van der Waals surface area contributed by atoms with Gasteiger partial charge in [0.05, 0.1) is 11.8 Å². The molecular formula is C25H19ClN2O2. The van der Waals surface area contributed by atoms with Crippen molar-refractivity contribution in [3.8, 4) is 22.8 Å². The minimum absolute atomic E-state index is 0.00801. The van der Waals surface area contributed by atoms with Gasteiger partial charge in [0.1, 0.15) is 0 Å². The van der Waals surface area contributed by atoms with E-state index in [4.69, 9.17) is 16.0 Å². The molecule has 1 aliphatic rings. The minimum atomic E-state index is -0.00801. The van der Waals surface area contributed by atoms with Gasteiger partial charge in [0, 0.05) is 29.2 Å². The largest absolute Gasteiger partial charge is 0.436 e. The third kappa shape index (κ3) is 3.51. The SMILES string of the molecule is O=C(c1ccccc1-c1ncc(-c2ccc(Cl)cc2)o1)N1CCc2ccccc2C1. The highest BCUT2D eigenvalue weighted by Gasteiger charge is 2.25. The van der Waals surface area contributed by atoms with Crippen molar-refractivity contribution in [2.45, 2.75) is 13.0 Å². The molecule has 0 fully saturated rings. The molecule has 0 spiro atoms. The molecule has 4 nitrogen and oxygen atoms in total. The molecule has 0 aliphatic carbocycles. The summed E-state index contributed by atoms with van der Waals surface area (Å²) in [6, 6.07) is 23.2. The molecule has 148 valence electrons. The smallest absolute Gasteiger partial charge is 0.254 e. The summed E-state index contributed by atoms with van der Waals surface area (Å²) >= 11 is 5.97. The van der Waals surface area contributed by atoms with Crippen LogP contribution in [0.3, 0.4) is 0 Å². The average Bonchev–Trinajstić information content (AvgIpc) is 3.29. The lowest BCUT2D eigenvalue weighted by molar-refractivity contribution is 0.0735. The number of hydrogen-bond acceptors (Lipinski definition) is 3. The highest BCUT2D eigenvalue weighted by molar-refractivity contribution is 6.30. The molecule has 0 unspecified atom stereocenters. The Morgan fingerprint density at radius 2 is 1.67 bits per heavy atom. The van der Waals surface area contributed by atoms with Crippen LogP contribution in [0.2, 0.25) is 5.02 Å². The first-order chi connectivity index (χ1) is 14.7. The first-order valence-electron chi connectivity index (χ1n) is 9.86. The van der Waals surface area contributed by atoms with Gasteiger partial charge >= 0.3 is 0 Å². The van der Waals surface area contributed by atoms with Gasteiger partial charge in [-0.25, -0.2) is 4.98 Å². The van der Waals surface area contributed by atoms with Crippen molar-refractivity contribution < 1.29 is 9.21 Å². The van der Waals surface area contributed by atoms with Gasteiger partial charge in [-0.2, -0.15) is 0 Å². The number of nitrogens with zero attached hydrogens (tertiary/aromatic N) is 2. The topological polar surface area (TPSA) is 46.3 Å². The zero-order chi connectivity index (χ0) is 20.5. The summed E-state index contributed by atoms with van der Waals surface area (Å²) in [4.78, 5) is 19.7. The van der Waals surface area contributed by atoms with Crippen molar-refractivity contribution in [3.63, 3.8) is 0 Å². The fourth-order valence-corrected chi connectivity index (χ4v) is 3.97. The lowest BCUT2D eigenvalue weighted by Gasteiger charge is -2.29. The van der Waals surface area contributed by atoms with E-state index >= 15 is 0 Å². The summed E-state index contributed by atoms with van der Waals surface area (Å²) in [5, 5.41) is 0.664. The number of aromatic nitrogens is 1. The van der Waals surface area contributed by atoms with Crippen molar-refractivity contribution in [2.75, 3.05) is 6.54 Å². The van der Waals surface area contributed by atoms with E-state index in [-0.39, 0.29) is 5.91 Å². The zero-order valence-electron chi connectivity index (χ0n) is 16.2. The number of carbonyl (C=O) groups is 1. The van der Waals surface area contributed by atoms with Gasteiger partial charge in [-0.1, -0.05) is 48.0 Å². The summed E-state index contributed by atoms with van der Waals surface area (Å²) in [7, 11) is 0. The number of benzene rings is 3. The Hall–Kier alpha value is -3.37. The van der Waals surface area contributed by atoms with Gasteiger partial charge in [0.15, 0.2) is 5.76 Å². The molecule has 1 aliphatic heterocycles. The highest BCUT2D eigenvalue weighted by Crippen LogP contribution is 2.30. The molecule has 1 amide bonds. The normalized spacial score (nSPS) is 13.2. The lowest BCUT2D eigenvalue weighted by Crippen LogP contribution is -2.36. The molecule has 30 heavy (non-hydrogen) atoms. The standard InChI is InChI=1S/C25H19ClN2O2/c26-20-11-9-18(10-12-20)23-15-27-24(30-23)21-7-3-4-8-22(21)25(29)28-14-13-17-5-1-2-6-19(17)16-28/h1-12,15H,13-14,16H2. The fraction of sp³-hybridized carbons (Fsp3) is 0.120. The Morgan fingerprint density at radius 3 is 2.50 bits per heavy atom. The highest BCUT2D eigenvalue weighted by atomic mass is 35.5. The average molecular weight is 415 g/mol. The second kappa shape index (κ2) is 7.81. The Labute approximate surface area is 179 Å². The third-order valence-corrected chi connectivity index (χ3v) is 5.69. The van der Waals surface area contributed by atoms with Gasteiger partial charge in [-0.15, -0.1) is 0 Å². The quantitative estimate of drug-likeness (QED) is 0.421. The summed E-state index contributed by atoms with van der Waals surface area (Å²) in [6.07, 6.45) is 2.54. The van der Waals surface area contributed by atoms with Gasteiger partial charge in [-0.05, 0) is 53.9 Å². The van der Waals surface area contributed by atoms with Crippen molar-refractivity contribution >= 4 is 17.5 Å². The molecule has 0 radical (unpaired) electrons. The fourth-order valence-electron chi connectivity index (χ4n) is 3.84. The van der Waals surface area contributed by atoms with Crippen LogP contribution in [0, 0.1) is 0 Å². The number of hydrogen-bond donors (Lipinski definition) is 0. The number of rotatable bonds is 3. The molecule has 0 atom stereocenters. The van der Waals surface area contributed by atoms with Gasteiger partial charge < -0.3 is 9.32 Å². The van der Waals surface area contributed by atoms with Gasteiger partial charge in [0.25, 0.3) is 5.91 Å². The van der Waals surface area contributed by atoms with E-state index < -0.39 is 0 Å². The Bertz CT molecular complexity index is 1210. The molecule has 3 aromatic carbocycles. The number of oxazole rings is 1. The van der Waals surface area contributed by atoms with E-state index in [2.05, 4.69) is 17.1 Å². The van der Waals surface area contributed by atoms with Crippen LogP contribution in [0.1, 0.15) is 21.5 Å². The van der Waals surface area contributed by atoms with E-state index in [0.29, 0.717) is 40.9 Å². The second-order valence-corrected chi connectivity index (χ2v) is 7.76.